The Labute approximate surface area is 96.7 Å². The summed E-state index contributed by atoms with van der Waals surface area (Å²) in [7, 11) is 1.70. The van der Waals surface area contributed by atoms with Gasteiger partial charge in [-0.05, 0) is 26.0 Å². The SMILES string of the molecule is CCOc1cc(NCC(C)OC)ccc1N. The highest BCUT2D eigenvalue weighted by molar-refractivity contribution is 5.61. The molecule has 1 atom stereocenters. The van der Waals surface area contributed by atoms with Crippen LogP contribution >= 0.6 is 0 Å². The molecule has 0 heterocycles. The summed E-state index contributed by atoms with van der Waals surface area (Å²) in [5.41, 5.74) is 7.43. The van der Waals surface area contributed by atoms with Crippen molar-refractivity contribution in [1.29, 1.82) is 0 Å². The average molecular weight is 224 g/mol. The average Bonchev–Trinajstić information content (AvgIpc) is 2.30. The lowest BCUT2D eigenvalue weighted by Crippen LogP contribution is -2.18. The molecule has 0 fully saturated rings. The molecule has 1 aromatic carbocycles. The van der Waals surface area contributed by atoms with E-state index < -0.39 is 0 Å². The van der Waals surface area contributed by atoms with Crippen LogP contribution in [0.25, 0.3) is 0 Å². The molecule has 16 heavy (non-hydrogen) atoms. The van der Waals surface area contributed by atoms with Crippen LogP contribution in [0.1, 0.15) is 13.8 Å². The molecular formula is C12H20N2O2. The van der Waals surface area contributed by atoms with E-state index in [9.17, 15) is 0 Å². The highest BCUT2D eigenvalue weighted by atomic mass is 16.5. The zero-order valence-corrected chi connectivity index (χ0v) is 10.1. The Hall–Kier alpha value is -1.42. The first-order valence-corrected chi connectivity index (χ1v) is 5.46. The van der Waals surface area contributed by atoms with Crippen molar-refractivity contribution in [3.63, 3.8) is 0 Å². The number of anilines is 2. The molecule has 0 bridgehead atoms. The Morgan fingerprint density at radius 3 is 2.81 bits per heavy atom. The van der Waals surface area contributed by atoms with E-state index in [1.807, 2.05) is 32.0 Å². The first-order valence-electron chi connectivity index (χ1n) is 5.46. The Morgan fingerprint density at radius 1 is 1.44 bits per heavy atom. The van der Waals surface area contributed by atoms with Gasteiger partial charge in [-0.2, -0.15) is 0 Å². The zero-order valence-electron chi connectivity index (χ0n) is 10.1. The number of nitrogens with two attached hydrogens (primary N) is 1. The standard InChI is InChI=1S/C12H20N2O2/c1-4-16-12-7-10(5-6-11(12)13)14-8-9(2)15-3/h5-7,9,14H,4,8,13H2,1-3H3. The molecule has 4 heteroatoms. The summed E-state index contributed by atoms with van der Waals surface area (Å²) in [6, 6.07) is 5.67. The topological polar surface area (TPSA) is 56.5 Å². The van der Waals surface area contributed by atoms with Crippen LogP contribution in [0.3, 0.4) is 0 Å². The van der Waals surface area contributed by atoms with Gasteiger partial charge in [0.2, 0.25) is 0 Å². The van der Waals surface area contributed by atoms with E-state index >= 15 is 0 Å². The number of benzene rings is 1. The van der Waals surface area contributed by atoms with Crippen LogP contribution in [0, 0.1) is 0 Å². The van der Waals surface area contributed by atoms with Crippen LogP contribution in [-0.2, 0) is 4.74 Å². The largest absolute Gasteiger partial charge is 0.492 e. The van der Waals surface area contributed by atoms with Gasteiger partial charge in [0.15, 0.2) is 0 Å². The van der Waals surface area contributed by atoms with Gasteiger partial charge >= 0.3 is 0 Å². The minimum Gasteiger partial charge on any atom is -0.492 e. The first-order chi connectivity index (χ1) is 7.67. The second-order valence-electron chi connectivity index (χ2n) is 3.61. The van der Waals surface area contributed by atoms with E-state index in [0.717, 1.165) is 18.0 Å². The fraction of sp³-hybridized carbons (Fsp3) is 0.500. The maximum atomic E-state index is 5.78. The van der Waals surface area contributed by atoms with Crippen molar-refractivity contribution in [2.75, 3.05) is 31.3 Å². The number of hydrogen-bond donors (Lipinski definition) is 2. The van der Waals surface area contributed by atoms with Gasteiger partial charge in [0.05, 0.1) is 18.4 Å². The van der Waals surface area contributed by atoms with E-state index in [0.29, 0.717) is 12.3 Å². The van der Waals surface area contributed by atoms with Crippen LogP contribution in [0.4, 0.5) is 11.4 Å². The molecule has 0 radical (unpaired) electrons. The van der Waals surface area contributed by atoms with Crippen molar-refractivity contribution in [1.82, 2.24) is 0 Å². The Kier molecular flexibility index (Phi) is 4.92. The maximum Gasteiger partial charge on any atom is 0.144 e. The second kappa shape index (κ2) is 6.23. The molecule has 0 amide bonds. The van der Waals surface area contributed by atoms with E-state index in [1.165, 1.54) is 0 Å². The number of methoxy groups -OCH3 is 1. The summed E-state index contributed by atoms with van der Waals surface area (Å²) < 4.78 is 10.6. The number of rotatable bonds is 6. The minimum atomic E-state index is 0.174. The van der Waals surface area contributed by atoms with Crippen molar-refractivity contribution < 1.29 is 9.47 Å². The van der Waals surface area contributed by atoms with Crippen molar-refractivity contribution in [2.45, 2.75) is 20.0 Å². The first kappa shape index (κ1) is 12.6. The molecule has 0 aliphatic rings. The van der Waals surface area contributed by atoms with Crippen LogP contribution < -0.4 is 15.8 Å². The predicted octanol–water partition coefficient (Wildman–Crippen LogP) is 2.11. The Morgan fingerprint density at radius 2 is 2.19 bits per heavy atom. The molecule has 0 aliphatic heterocycles. The molecule has 0 aliphatic carbocycles. The predicted molar refractivity (Wildman–Crippen MR) is 67.0 cm³/mol. The fourth-order valence-electron chi connectivity index (χ4n) is 1.27. The summed E-state index contributed by atoms with van der Waals surface area (Å²) in [5.74, 6) is 0.720. The lowest BCUT2D eigenvalue weighted by atomic mass is 10.2. The monoisotopic (exact) mass is 224 g/mol. The molecular weight excluding hydrogens is 204 g/mol. The van der Waals surface area contributed by atoms with Gasteiger partial charge in [0.1, 0.15) is 5.75 Å². The van der Waals surface area contributed by atoms with E-state index in [4.69, 9.17) is 15.2 Å². The molecule has 1 aromatic rings. The molecule has 0 saturated carbocycles. The van der Waals surface area contributed by atoms with Gasteiger partial charge in [-0.25, -0.2) is 0 Å². The number of nitrogen functional groups attached to an aromatic ring is 1. The summed E-state index contributed by atoms with van der Waals surface area (Å²) in [5, 5.41) is 3.26. The third kappa shape index (κ3) is 3.62. The number of hydrogen-bond acceptors (Lipinski definition) is 4. The van der Waals surface area contributed by atoms with Gasteiger partial charge in [0, 0.05) is 25.4 Å². The van der Waals surface area contributed by atoms with E-state index in [-0.39, 0.29) is 6.10 Å². The Balaban J connectivity index is 2.63. The van der Waals surface area contributed by atoms with Gasteiger partial charge < -0.3 is 20.5 Å². The van der Waals surface area contributed by atoms with Gasteiger partial charge in [-0.3, -0.25) is 0 Å². The van der Waals surface area contributed by atoms with Gasteiger partial charge in [-0.15, -0.1) is 0 Å². The van der Waals surface area contributed by atoms with Crippen LogP contribution in [0.15, 0.2) is 18.2 Å². The zero-order chi connectivity index (χ0) is 12.0. The molecule has 0 aromatic heterocycles. The number of nitrogens with one attached hydrogen (secondary N) is 1. The number of ether oxygens (including phenoxy) is 2. The second-order valence-corrected chi connectivity index (χ2v) is 3.61. The lowest BCUT2D eigenvalue weighted by molar-refractivity contribution is 0.129. The highest BCUT2D eigenvalue weighted by Crippen LogP contribution is 2.25. The molecule has 0 spiro atoms. The summed E-state index contributed by atoms with van der Waals surface area (Å²) >= 11 is 0. The van der Waals surface area contributed by atoms with Crippen LogP contribution in [0.2, 0.25) is 0 Å². The maximum absolute atomic E-state index is 5.78. The van der Waals surface area contributed by atoms with Gasteiger partial charge in [-0.1, -0.05) is 0 Å². The van der Waals surface area contributed by atoms with E-state index in [2.05, 4.69) is 5.32 Å². The van der Waals surface area contributed by atoms with Crippen LogP contribution in [0.5, 0.6) is 5.75 Å². The van der Waals surface area contributed by atoms with Crippen LogP contribution in [-0.4, -0.2) is 26.4 Å². The molecule has 1 unspecified atom stereocenters. The van der Waals surface area contributed by atoms with Crippen molar-refractivity contribution >= 4 is 11.4 Å². The molecule has 1 rings (SSSR count). The van der Waals surface area contributed by atoms with Crippen molar-refractivity contribution in [3.8, 4) is 5.75 Å². The normalized spacial score (nSPS) is 12.2. The van der Waals surface area contributed by atoms with E-state index in [1.54, 1.807) is 7.11 Å². The third-order valence-corrected chi connectivity index (χ3v) is 2.31. The van der Waals surface area contributed by atoms with Crippen molar-refractivity contribution in [3.05, 3.63) is 18.2 Å². The fourth-order valence-corrected chi connectivity index (χ4v) is 1.27. The lowest BCUT2D eigenvalue weighted by Gasteiger charge is -2.13. The van der Waals surface area contributed by atoms with Crippen molar-refractivity contribution in [2.24, 2.45) is 0 Å². The summed E-state index contributed by atoms with van der Waals surface area (Å²) in [6.07, 6.45) is 0.174. The summed E-state index contributed by atoms with van der Waals surface area (Å²) in [4.78, 5) is 0. The minimum absolute atomic E-state index is 0.174. The van der Waals surface area contributed by atoms with Gasteiger partial charge in [0.25, 0.3) is 0 Å². The Bertz CT molecular complexity index is 329. The molecule has 3 N–H and O–H groups in total. The molecule has 90 valence electrons. The summed E-state index contributed by atoms with van der Waals surface area (Å²) in [6.45, 7) is 5.31. The molecule has 4 nitrogen and oxygen atoms in total. The third-order valence-electron chi connectivity index (χ3n) is 2.31. The smallest absolute Gasteiger partial charge is 0.144 e. The molecule has 0 saturated heterocycles. The highest BCUT2D eigenvalue weighted by Gasteiger charge is 2.03. The quantitative estimate of drug-likeness (QED) is 0.727.